The van der Waals surface area contributed by atoms with Gasteiger partial charge in [-0.3, -0.25) is 4.79 Å². The van der Waals surface area contributed by atoms with Crippen LogP contribution in [0.1, 0.15) is 38.2 Å². The van der Waals surface area contributed by atoms with Crippen molar-refractivity contribution in [2.75, 3.05) is 0 Å². The fourth-order valence-corrected chi connectivity index (χ4v) is 2.77. The average Bonchev–Trinajstić information content (AvgIpc) is 2.86. The topological polar surface area (TPSA) is 55.1 Å². The third-order valence-electron chi connectivity index (χ3n) is 4.01. The lowest BCUT2D eigenvalue weighted by molar-refractivity contribution is -0.125. The normalized spacial score (nSPS) is 22.9. The van der Waals surface area contributed by atoms with Gasteiger partial charge in [0.2, 0.25) is 5.91 Å². The molecule has 4 heteroatoms. The Bertz CT molecular complexity index is 410. The van der Waals surface area contributed by atoms with Crippen LogP contribution in [0, 0.1) is 5.92 Å². The highest BCUT2D eigenvalue weighted by atomic mass is 35.5. The first-order valence-corrected chi connectivity index (χ1v) is 7.29. The van der Waals surface area contributed by atoms with Gasteiger partial charge in [0, 0.05) is 18.0 Å². The molecule has 3 nitrogen and oxygen atoms in total. The van der Waals surface area contributed by atoms with Crippen LogP contribution in [-0.2, 0) is 11.2 Å². The molecule has 3 unspecified atom stereocenters. The number of hydrogen-bond donors (Lipinski definition) is 2. The van der Waals surface area contributed by atoms with Gasteiger partial charge in [-0.1, -0.05) is 37.3 Å². The number of amides is 1. The van der Waals surface area contributed by atoms with E-state index in [1.807, 2.05) is 18.2 Å². The molecule has 0 bridgehead atoms. The fourth-order valence-electron chi connectivity index (χ4n) is 2.77. The molecule has 1 amide bonds. The zero-order chi connectivity index (χ0) is 13.7. The van der Waals surface area contributed by atoms with E-state index in [0.717, 1.165) is 32.1 Å². The first-order chi connectivity index (χ1) is 9.19. The monoisotopic (exact) mass is 296 g/mol. The van der Waals surface area contributed by atoms with Gasteiger partial charge >= 0.3 is 0 Å². The largest absolute Gasteiger partial charge is 0.353 e. The Labute approximate surface area is 127 Å². The molecule has 0 aromatic heterocycles. The molecule has 3 atom stereocenters. The Morgan fingerprint density at radius 2 is 2.05 bits per heavy atom. The van der Waals surface area contributed by atoms with Gasteiger partial charge in [0.15, 0.2) is 0 Å². The lowest BCUT2D eigenvalue weighted by atomic mass is 10.0. The molecule has 2 rings (SSSR count). The van der Waals surface area contributed by atoms with Crippen molar-refractivity contribution in [3.05, 3.63) is 35.9 Å². The third kappa shape index (κ3) is 4.80. The van der Waals surface area contributed by atoms with E-state index >= 15 is 0 Å². The summed E-state index contributed by atoms with van der Waals surface area (Å²) in [5, 5.41) is 3.18. The predicted molar refractivity (Wildman–Crippen MR) is 84.9 cm³/mol. The molecule has 0 radical (unpaired) electrons. The van der Waals surface area contributed by atoms with E-state index in [1.165, 1.54) is 5.56 Å². The third-order valence-corrected chi connectivity index (χ3v) is 4.01. The molecule has 1 saturated carbocycles. The molecule has 3 N–H and O–H groups in total. The summed E-state index contributed by atoms with van der Waals surface area (Å²) in [7, 11) is 0. The summed E-state index contributed by atoms with van der Waals surface area (Å²) >= 11 is 0. The van der Waals surface area contributed by atoms with Crippen LogP contribution < -0.4 is 11.1 Å². The molecule has 0 heterocycles. The van der Waals surface area contributed by atoms with Gasteiger partial charge < -0.3 is 11.1 Å². The second-order valence-electron chi connectivity index (χ2n) is 5.57. The number of rotatable bonds is 5. The van der Waals surface area contributed by atoms with Crippen LogP contribution in [0.5, 0.6) is 0 Å². The van der Waals surface area contributed by atoms with E-state index in [1.54, 1.807) is 0 Å². The zero-order valence-corrected chi connectivity index (χ0v) is 12.9. The van der Waals surface area contributed by atoms with E-state index in [4.69, 9.17) is 5.73 Å². The maximum absolute atomic E-state index is 12.2. The second-order valence-corrected chi connectivity index (χ2v) is 5.57. The van der Waals surface area contributed by atoms with Crippen molar-refractivity contribution >= 4 is 18.3 Å². The van der Waals surface area contributed by atoms with Crippen molar-refractivity contribution in [1.29, 1.82) is 0 Å². The number of halogens is 1. The lowest BCUT2D eigenvalue weighted by Gasteiger charge is -2.19. The van der Waals surface area contributed by atoms with Gasteiger partial charge in [-0.05, 0) is 37.7 Å². The summed E-state index contributed by atoms with van der Waals surface area (Å²) in [6.07, 6.45) is 4.62. The standard InChI is InChI=1S/C16H24N2O.ClH/c1-2-15(10-12-6-4-3-5-7-12)18-16(19)13-8-9-14(17)11-13;/h3-7,13-15H,2,8-11,17H2,1H3,(H,18,19);1H. The molecule has 0 spiro atoms. The van der Waals surface area contributed by atoms with Crippen molar-refractivity contribution in [2.24, 2.45) is 11.7 Å². The van der Waals surface area contributed by atoms with Crippen molar-refractivity contribution in [3.8, 4) is 0 Å². The number of nitrogens with one attached hydrogen (secondary N) is 1. The number of nitrogens with two attached hydrogens (primary N) is 1. The molecule has 112 valence electrons. The molecular formula is C16H25ClN2O. The quantitative estimate of drug-likeness (QED) is 0.878. The maximum Gasteiger partial charge on any atom is 0.223 e. The van der Waals surface area contributed by atoms with Gasteiger partial charge in [-0.2, -0.15) is 0 Å². The van der Waals surface area contributed by atoms with Gasteiger partial charge in [-0.25, -0.2) is 0 Å². The molecular weight excluding hydrogens is 272 g/mol. The number of benzene rings is 1. The molecule has 1 aromatic carbocycles. The van der Waals surface area contributed by atoms with E-state index in [0.29, 0.717) is 0 Å². The average molecular weight is 297 g/mol. The summed E-state index contributed by atoms with van der Waals surface area (Å²) in [5.74, 6) is 0.315. The fraction of sp³-hybridized carbons (Fsp3) is 0.562. The highest BCUT2D eigenvalue weighted by Crippen LogP contribution is 2.24. The summed E-state index contributed by atoms with van der Waals surface area (Å²) in [6, 6.07) is 10.8. The molecule has 1 aliphatic carbocycles. The highest BCUT2D eigenvalue weighted by molar-refractivity contribution is 5.85. The summed E-state index contributed by atoms with van der Waals surface area (Å²) in [4.78, 5) is 12.2. The molecule has 0 aliphatic heterocycles. The minimum atomic E-state index is 0. The summed E-state index contributed by atoms with van der Waals surface area (Å²) in [6.45, 7) is 2.12. The summed E-state index contributed by atoms with van der Waals surface area (Å²) < 4.78 is 0. The minimum Gasteiger partial charge on any atom is -0.353 e. The van der Waals surface area contributed by atoms with Crippen molar-refractivity contribution in [2.45, 2.75) is 51.1 Å². The van der Waals surface area contributed by atoms with Crippen LogP contribution in [0.2, 0.25) is 0 Å². The number of carbonyl (C=O) groups is 1. The maximum atomic E-state index is 12.2. The molecule has 1 aromatic rings. The van der Waals surface area contributed by atoms with Gasteiger partial charge in [0.25, 0.3) is 0 Å². The minimum absolute atomic E-state index is 0. The first-order valence-electron chi connectivity index (χ1n) is 7.29. The van der Waals surface area contributed by atoms with E-state index in [9.17, 15) is 4.79 Å². The van der Waals surface area contributed by atoms with Crippen molar-refractivity contribution in [1.82, 2.24) is 5.32 Å². The molecule has 1 fully saturated rings. The number of hydrogen-bond acceptors (Lipinski definition) is 2. The zero-order valence-electron chi connectivity index (χ0n) is 12.0. The first kappa shape index (κ1) is 17.0. The Balaban J connectivity index is 0.00000200. The Kier molecular flexibility index (Phi) is 7.03. The SMILES string of the molecule is CCC(Cc1ccccc1)NC(=O)C1CCC(N)C1.Cl. The molecule has 1 aliphatic rings. The summed E-state index contributed by atoms with van der Waals surface area (Å²) in [5.41, 5.74) is 7.15. The number of carbonyl (C=O) groups excluding carboxylic acids is 1. The van der Waals surface area contributed by atoms with Crippen LogP contribution in [-0.4, -0.2) is 18.0 Å². The van der Waals surface area contributed by atoms with Crippen LogP contribution in [0.3, 0.4) is 0 Å². The van der Waals surface area contributed by atoms with Gasteiger partial charge in [0.1, 0.15) is 0 Å². The van der Waals surface area contributed by atoms with Crippen LogP contribution >= 0.6 is 12.4 Å². The van der Waals surface area contributed by atoms with Crippen LogP contribution in [0.25, 0.3) is 0 Å². The Morgan fingerprint density at radius 1 is 1.35 bits per heavy atom. The van der Waals surface area contributed by atoms with E-state index in [-0.39, 0.29) is 36.3 Å². The van der Waals surface area contributed by atoms with Crippen molar-refractivity contribution in [3.63, 3.8) is 0 Å². The predicted octanol–water partition coefficient (Wildman–Crippen LogP) is 2.67. The molecule has 0 saturated heterocycles. The molecule has 20 heavy (non-hydrogen) atoms. The van der Waals surface area contributed by atoms with E-state index in [2.05, 4.69) is 24.4 Å². The van der Waals surface area contributed by atoms with E-state index < -0.39 is 0 Å². The van der Waals surface area contributed by atoms with Gasteiger partial charge in [-0.15, -0.1) is 12.4 Å². The highest BCUT2D eigenvalue weighted by Gasteiger charge is 2.28. The lowest BCUT2D eigenvalue weighted by Crippen LogP contribution is -2.39. The van der Waals surface area contributed by atoms with Gasteiger partial charge in [0.05, 0.1) is 0 Å². The van der Waals surface area contributed by atoms with Crippen LogP contribution in [0.15, 0.2) is 30.3 Å². The Morgan fingerprint density at radius 3 is 2.60 bits per heavy atom. The van der Waals surface area contributed by atoms with Crippen molar-refractivity contribution < 1.29 is 4.79 Å². The van der Waals surface area contributed by atoms with Crippen LogP contribution in [0.4, 0.5) is 0 Å². The smallest absolute Gasteiger partial charge is 0.223 e. The Hall–Kier alpha value is -1.06. The second kappa shape index (κ2) is 8.28.